The molecule has 0 saturated carbocycles. The van der Waals surface area contributed by atoms with Crippen molar-refractivity contribution in [1.29, 1.82) is 0 Å². The molecular weight excluding hydrogens is 249 g/mol. The Labute approximate surface area is 102 Å². The summed E-state index contributed by atoms with van der Waals surface area (Å²) in [6.07, 6.45) is 3.26. The molecule has 0 aromatic carbocycles. The largest absolute Gasteiger partial charge is 0.442 e. The third-order valence-electron chi connectivity index (χ3n) is 2.06. The van der Waals surface area contributed by atoms with Gasteiger partial charge in [-0.1, -0.05) is 11.6 Å². The predicted octanol–water partition coefficient (Wildman–Crippen LogP) is 3.41. The first-order chi connectivity index (χ1) is 7.66. The van der Waals surface area contributed by atoms with E-state index in [4.69, 9.17) is 27.6 Å². The number of carbonyl (C=O) groups is 1. The molecule has 82 valence electrons. The Hall–Kier alpha value is -1.32. The smallest absolute Gasteiger partial charge is 0.202 e. The zero-order valence-electron chi connectivity index (χ0n) is 8.11. The number of pyridine rings is 1. The molecule has 0 aliphatic rings. The maximum Gasteiger partial charge on any atom is 0.202 e. The number of nitrogens with zero attached hydrogens (tertiary/aromatic N) is 1. The molecule has 3 nitrogen and oxygen atoms in total. The number of rotatable bonds is 3. The SMILES string of the molecule is O=C(Cc1ccncc1Cl)c1ccc(Cl)o1. The summed E-state index contributed by atoms with van der Waals surface area (Å²) in [5.74, 6) is 0.0675. The molecule has 0 saturated heterocycles. The average molecular weight is 256 g/mol. The minimum absolute atomic E-state index is 0.167. The Morgan fingerprint density at radius 2 is 2.12 bits per heavy atom. The number of hydrogen-bond donors (Lipinski definition) is 0. The van der Waals surface area contributed by atoms with Crippen molar-refractivity contribution >= 4 is 29.0 Å². The van der Waals surface area contributed by atoms with Gasteiger partial charge in [-0.15, -0.1) is 0 Å². The Morgan fingerprint density at radius 3 is 2.75 bits per heavy atom. The van der Waals surface area contributed by atoms with E-state index in [1.54, 1.807) is 18.3 Å². The first-order valence-electron chi connectivity index (χ1n) is 4.54. The third kappa shape index (κ3) is 2.43. The molecule has 16 heavy (non-hydrogen) atoms. The van der Waals surface area contributed by atoms with Crippen LogP contribution in [0.3, 0.4) is 0 Å². The predicted molar refractivity (Wildman–Crippen MR) is 61.0 cm³/mol. The normalized spacial score (nSPS) is 10.4. The lowest BCUT2D eigenvalue weighted by molar-refractivity contribution is 0.0966. The highest BCUT2D eigenvalue weighted by molar-refractivity contribution is 6.31. The van der Waals surface area contributed by atoms with Crippen LogP contribution in [0.25, 0.3) is 0 Å². The van der Waals surface area contributed by atoms with Gasteiger partial charge in [0, 0.05) is 18.8 Å². The molecule has 0 spiro atoms. The topological polar surface area (TPSA) is 43.1 Å². The second-order valence-corrected chi connectivity index (χ2v) is 3.95. The lowest BCUT2D eigenvalue weighted by Gasteiger charge is -2.00. The van der Waals surface area contributed by atoms with E-state index < -0.39 is 0 Å². The fourth-order valence-corrected chi connectivity index (χ4v) is 1.60. The lowest BCUT2D eigenvalue weighted by Crippen LogP contribution is -2.02. The average Bonchev–Trinajstić information content (AvgIpc) is 2.68. The van der Waals surface area contributed by atoms with Crippen molar-refractivity contribution in [2.24, 2.45) is 0 Å². The molecule has 2 aromatic heterocycles. The molecule has 2 rings (SSSR count). The summed E-state index contributed by atoms with van der Waals surface area (Å²) in [5, 5.41) is 0.665. The number of hydrogen-bond acceptors (Lipinski definition) is 3. The minimum Gasteiger partial charge on any atom is -0.442 e. The quantitative estimate of drug-likeness (QED) is 0.790. The van der Waals surface area contributed by atoms with Crippen molar-refractivity contribution in [2.75, 3.05) is 0 Å². The van der Waals surface area contributed by atoms with Gasteiger partial charge in [-0.05, 0) is 35.4 Å². The van der Waals surface area contributed by atoms with E-state index in [0.717, 1.165) is 0 Å². The van der Waals surface area contributed by atoms with E-state index in [1.807, 2.05) is 0 Å². The van der Waals surface area contributed by atoms with E-state index in [2.05, 4.69) is 4.98 Å². The van der Waals surface area contributed by atoms with Crippen molar-refractivity contribution in [3.8, 4) is 0 Å². The molecule has 0 aliphatic heterocycles. The van der Waals surface area contributed by atoms with Gasteiger partial charge in [-0.3, -0.25) is 9.78 Å². The van der Waals surface area contributed by atoms with Crippen LogP contribution in [-0.4, -0.2) is 10.8 Å². The Bertz CT molecular complexity index is 522. The number of Topliss-reactive ketones (excluding diaryl/α,β-unsaturated/α-hetero) is 1. The molecule has 0 bridgehead atoms. The Kier molecular flexibility index (Phi) is 3.27. The van der Waals surface area contributed by atoms with E-state index in [9.17, 15) is 4.79 Å². The van der Waals surface area contributed by atoms with Crippen molar-refractivity contribution in [2.45, 2.75) is 6.42 Å². The summed E-state index contributed by atoms with van der Waals surface area (Å²) < 4.78 is 5.01. The fourth-order valence-electron chi connectivity index (χ4n) is 1.27. The monoisotopic (exact) mass is 255 g/mol. The van der Waals surface area contributed by atoms with E-state index in [-0.39, 0.29) is 23.2 Å². The maximum atomic E-state index is 11.7. The van der Waals surface area contributed by atoms with Crippen LogP contribution in [0.1, 0.15) is 16.1 Å². The summed E-state index contributed by atoms with van der Waals surface area (Å²) in [4.78, 5) is 15.6. The Balaban J connectivity index is 2.17. The summed E-state index contributed by atoms with van der Waals surface area (Å²) in [5.41, 5.74) is 0.717. The van der Waals surface area contributed by atoms with E-state index in [1.165, 1.54) is 12.3 Å². The van der Waals surface area contributed by atoms with Gasteiger partial charge in [0.1, 0.15) is 0 Å². The van der Waals surface area contributed by atoms with Gasteiger partial charge in [-0.2, -0.15) is 0 Å². The molecule has 0 fully saturated rings. The van der Waals surface area contributed by atoms with Gasteiger partial charge in [0.05, 0.1) is 5.02 Å². The van der Waals surface area contributed by atoms with Crippen LogP contribution in [0, 0.1) is 0 Å². The fraction of sp³-hybridized carbons (Fsp3) is 0.0909. The van der Waals surface area contributed by atoms with Crippen LogP contribution >= 0.6 is 23.2 Å². The summed E-state index contributed by atoms with van der Waals surface area (Å²) in [6.45, 7) is 0. The van der Waals surface area contributed by atoms with Gasteiger partial charge in [0.25, 0.3) is 0 Å². The number of furan rings is 1. The van der Waals surface area contributed by atoms with Crippen LogP contribution in [0.2, 0.25) is 10.2 Å². The zero-order chi connectivity index (χ0) is 11.5. The van der Waals surface area contributed by atoms with Crippen molar-refractivity contribution in [3.05, 3.63) is 52.2 Å². The molecule has 0 radical (unpaired) electrons. The van der Waals surface area contributed by atoms with Crippen LogP contribution in [0.4, 0.5) is 0 Å². The highest BCUT2D eigenvalue weighted by Crippen LogP contribution is 2.18. The summed E-state index contributed by atoms with van der Waals surface area (Å²) >= 11 is 11.5. The third-order valence-corrected chi connectivity index (χ3v) is 2.60. The molecule has 2 heterocycles. The maximum absolute atomic E-state index is 11.7. The first kappa shape index (κ1) is 11.2. The van der Waals surface area contributed by atoms with Gasteiger partial charge in [-0.25, -0.2) is 0 Å². The van der Waals surface area contributed by atoms with E-state index in [0.29, 0.717) is 10.6 Å². The van der Waals surface area contributed by atoms with Crippen molar-refractivity contribution in [3.63, 3.8) is 0 Å². The van der Waals surface area contributed by atoms with Crippen LogP contribution in [-0.2, 0) is 6.42 Å². The summed E-state index contributed by atoms with van der Waals surface area (Å²) in [6, 6.07) is 4.77. The lowest BCUT2D eigenvalue weighted by atomic mass is 10.1. The van der Waals surface area contributed by atoms with Crippen molar-refractivity contribution in [1.82, 2.24) is 4.98 Å². The molecule has 0 N–H and O–H groups in total. The number of halogens is 2. The minimum atomic E-state index is -0.167. The Morgan fingerprint density at radius 1 is 1.31 bits per heavy atom. The highest BCUT2D eigenvalue weighted by atomic mass is 35.5. The van der Waals surface area contributed by atoms with Gasteiger partial charge in [0.2, 0.25) is 5.78 Å². The summed E-state index contributed by atoms with van der Waals surface area (Å²) in [7, 11) is 0. The molecule has 0 atom stereocenters. The highest BCUT2D eigenvalue weighted by Gasteiger charge is 2.13. The van der Waals surface area contributed by atoms with Crippen LogP contribution in [0.5, 0.6) is 0 Å². The number of ketones is 1. The second kappa shape index (κ2) is 4.68. The van der Waals surface area contributed by atoms with Gasteiger partial charge < -0.3 is 4.42 Å². The molecular formula is C11H7Cl2NO2. The number of carbonyl (C=O) groups excluding carboxylic acids is 1. The van der Waals surface area contributed by atoms with Gasteiger partial charge >= 0.3 is 0 Å². The second-order valence-electron chi connectivity index (χ2n) is 3.17. The molecule has 0 unspecified atom stereocenters. The molecule has 5 heteroatoms. The zero-order valence-corrected chi connectivity index (χ0v) is 9.63. The standard InChI is InChI=1S/C11H7Cl2NO2/c12-8-6-14-4-3-7(8)5-9(15)10-1-2-11(13)16-10/h1-4,6H,5H2. The van der Waals surface area contributed by atoms with Gasteiger partial charge in [0.15, 0.2) is 11.0 Å². The van der Waals surface area contributed by atoms with Crippen LogP contribution < -0.4 is 0 Å². The molecule has 0 aliphatic carbocycles. The number of aromatic nitrogens is 1. The van der Waals surface area contributed by atoms with Crippen molar-refractivity contribution < 1.29 is 9.21 Å². The van der Waals surface area contributed by atoms with E-state index >= 15 is 0 Å². The molecule has 0 amide bonds. The van der Waals surface area contributed by atoms with Crippen LogP contribution in [0.15, 0.2) is 35.0 Å². The first-order valence-corrected chi connectivity index (χ1v) is 5.29. The molecule has 2 aromatic rings.